The predicted octanol–water partition coefficient (Wildman–Crippen LogP) is 2.54. The number of para-hydroxylation sites is 1. The first-order valence-electron chi connectivity index (χ1n) is 5.10. The Hall–Kier alpha value is -2.10. The van der Waals surface area contributed by atoms with Crippen molar-refractivity contribution in [2.24, 2.45) is 7.05 Å². The van der Waals surface area contributed by atoms with Crippen LogP contribution in [0.15, 0.2) is 34.9 Å². The van der Waals surface area contributed by atoms with Gasteiger partial charge >= 0.3 is 0 Å². The Kier molecular flexibility index (Phi) is 1.83. The van der Waals surface area contributed by atoms with Crippen molar-refractivity contribution in [1.82, 2.24) is 14.8 Å². The molecule has 16 heavy (non-hydrogen) atoms. The van der Waals surface area contributed by atoms with Crippen LogP contribution in [0.4, 0.5) is 0 Å². The molecule has 3 aromatic rings. The second-order valence-electron chi connectivity index (χ2n) is 3.77. The highest BCUT2D eigenvalue weighted by atomic mass is 16.3. The van der Waals surface area contributed by atoms with Gasteiger partial charge in [-0.1, -0.05) is 12.1 Å². The molecule has 0 amide bonds. The Morgan fingerprint density at radius 1 is 1.19 bits per heavy atom. The summed E-state index contributed by atoms with van der Waals surface area (Å²) in [6, 6.07) is 7.96. The minimum absolute atomic E-state index is 0.832. The van der Waals surface area contributed by atoms with E-state index < -0.39 is 0 Å². The zero-order chi connectivity index (χ0) is 11.1. The molecule has 2 heterocycles. The predicted molar refractivity (Wildman–Crippen MR) is 60.9 cm³/mol. The fourth-order valence-electron chi connectivity index (χ4n) is 1.81. The van der Waals surface area contributed by atoms with Gasteiger partial charge in [-0.25, -0.2) is 0 Å². The van der Waals surface area contributed by atoms with Gasteiger partial charge < -0.3 is 8.98 Å². The monoisotopic (exact) mass is 213 g/mol. The van der Waals surface area contributed by atoms with Crippen LogP contribution in [-0.4, -0.2) is 14.8 Å². The van der Waals surface area contributed by atoms with Gasteiger partial charge in [-0.05, 0) is 19.1 Å². The molecule has 4 nitrogen and oxygen atoms in total. The van der Waals surface area contributed by atoms with Crippen LogP contribution in [-0.2, 0) is 7.05 Å². The molecule has 0 radical (unpaired) electrons. The Morgan fingerprint density at radius 3 is 2.81 bits per heavy atom. The summed E-state index contributed by atoms with van der Waals surface area (Å²) in [5.41, 5.74) is 1.84. The van der Waals surface area contributed by atoms with E-state index in [2.05, 4.69) is 10.2 Å². The van der Waals surface area contributed by atoms with E-state index in [1.54, 1.807) is 6.26 Å². The maximum atomic E-state index is 5.49. The third-order valence-electron chi connectivity index (χ3n) is 2.81. The molecule has 0 aliphatic rings. The molecule has 0 N–H and O–H groups in total. The average Bonchev–Trinajstić information content (AvgIpc) is 2.87. The first kappa shape index (κ1) is 9.15. The SMILES string of the molecule is Cc1nnc(-c2cccc3ccoc23)n1C. The summed E-state index contributed by atoms with van der Waals surface area (Å²) in [5.74, 6) is 1.72. The van der Waals surface area contributed by atoms with Crippen molar-refractivity contribution in [2.75, 3.05) is 0 Å². The van der Waals surface area contributed by atoms with Crippen LogP contribution >= 0.6 is 0 Å². The van der Waals surface area contributed by atoms with Crippen LogP contribution in [0.5, 0.6) is 0 Å². The quantitative estimate of drug-likeness (QED) is 0.624. The third-order valence-corrected chi connectivity index (χ3v) is 2.81. The number of benzene rings is 1. The van der Waals surface area contributed by atoms with Crippen molar-refractivity contribution in [2.45, 2.75) is 6.92 Å². The molecular weight excluding hydrogens is 202 g/mol. The Labute approximate surface area is 92.5 Å². The first-order valence-corrected chi connectivity index (χ1v) is 5.10. The van der Waals surface area contributed by atoms with Crippen molar-refractivity contribution < 1.29 is 4.42 Å². The largest absolute Gasteiger partial charge is 0.464 e. The third kappa shape index (κ3) is 1.16. The smallest absolute Gasteiger partial charge is 0.167 e. The lowest BCUT2D eigenvalue weighted by Crippen LogP contribution is -1.94. The fraction of sp³-hybridized carbons (Fsp3) is 0.167. The van der Waals surface area contributed by atoms with Crippen LogP contribution in [0.2, 0.25) is 0 Å². The minimum Gasteiger partial charge on any atom is -0.464 e. The molecule has 0 atom stereocenters. The molecule has 2 aromatic heterocycles. The van der Waals surface area contributed by atoms with E-state index in [-0.39, 0.29) is 0 Å². The van der Waals surface area contributed by atoms with Crippen molar-refractivity contribution >= 4 is 11.0 Å². The molecule has 0 aliphatic carbocycles. The fourth-order valence-corrected chi connectivity index (χ4v) is 1.81. The van der Waals surface area contributed by atoms with Crippen LogP contribution in [0.1, 0.15) is 5.82 Å². The number of fused-ring (bicyclic) bond motifs is 1. The number of aromatic nitrogens is 3. The van der Waals surface area contributed by atoms with Gasteiger partial charge in [0.25, 0.3) is 0 Å². The highest BCUT2D eigenvalue weighted by Crippen LogP contribution is 2.27. The number of hydrogen-bond donors (Lipinski definition) is 0. The van der Waals surface area contributed by atoms with E-state index in [4.69, 9.17) is 4.42 Å². The van der Waals surface area contributed by atoms with Crippen LogP contribution in [0.3, 0.4) is 0 Å². The average molecular weight is 213 g/mol. The summed E-state index contributed by atoms with van der Waals surface area (Å²) in [6.45, 7) is 1.93. The van der Waals surface area contributed by atoms with Crippen LogP contribution in [0, 0.1) is 6.92 Å². The van der Waals surface area contributed by atoms with Gasteiger partial charge in [0.15, 0.2) is 5.82 Å². The molecule has 0 saturated heterocycles. The summed E-state index contributed by atoms with van der Waals surface area (Å²) in [4.78, 5) is 0. The summed E-state index contributed by atoms with van der Waals surface area (Å²) in [5, 5.41) is 9.30. The normalized spacial score (nSPS) is 11.1. The van der Waals surface area contributed by atoms with Gasteiger partial charge in [-0.2, -0.15) is 0 Å². The van der Waals surface area contributed by atoms with Crippen LogP contribution in [0.25, 0.3) is 22.4 Å². The van der Waals surface area contributed by atoms with Crippen molar-refractivity contribution in [3.63, 3.8) is 0 Å². The van der Waals surface area contributed by atoms with Crippen molar-refractivity contribution in [3.05, 3.63) is 36.4 Å². The summed E-state index contributed by atoms with van der Waals surface area (Å²) in [7, 11) is 1.95. The van der Waals surface area contributed by atoms with Gasteiger partial charge in [0.1, 0.15) is 11.4 Å². The first-order chi connectivity index (χ1) is 7.77. The lowest BCUT2D eigenvalue weighted by Gasteiger charge is -2.02. The molecule has 0 aliphatic heterocycles. The Morgan fingerprint density at radius 2 is 2.06 bits per heavy atom. The van der Waals surface area contributed by atoms with E-state index in [1.807, 2.05) is 42.8 Å². The lowest BCUT2D eigenvalue weighted by atomic mass is 10.1. The second-order valence-corrected chi connectivity index (χ2v) is 3.77. The molecule has 80 valence electrons. The zero-order valence-electron chi connectivity index (χ0n) is 9.14. The molecule has 0 saturated carbocycles. The van der Waals surface area contributed by atoms with Gasteiger partial charge in [0, 0.05) is 12.4 Å². The maximum absolute atomic E-state index is 5.49. The van der Waals surface area contributed by atoms with E-state index in [9.17, 15) is 0 Å². The molecule has 4 heteroatoms. The number of furan rings is 1. The Bertz CT molecular complexity index is 651. The number of aryl methyl sites for hydroxylation is 1. The number of hydrogen-bond acceptors (Lipinski definition) is 3. The summed E-state index contributed by atoms with van der Waals surface area (Å²) < 4.78 is 7.44. The minimum atomic E-state index is 0.832. The highest BCUT2D eigenvalue weighted by Gasteiger charge is 2.12. The number of rotatable bonds is 1. The summed E-state index contributed by atoms with van der Waals surface area (Å²) >= 11 is 0. The van der Waals surface area contributed by atoms with E-state index >= 15 is 0 Å². The topological polar surface area (TPSA) is 43.9 Å². The van der Waals surface area contributed by atoms with Gasteiger partial charge in [0.2, 0.25) is 0 Å². The molecule has 0 fully saturated rings. The maximum Gasteiger partial charge on any atom is 0.167 e. The molecule has 3 rings (SSSR count). The zero-order valence-corrected chi connectivity index (χ0v) is 9.14. The molecular formula is C12H11N3O. The van der Waals surface area contributed by atoms with Gasteiger partial charge in [0.05, 0.1) is 11.8 Å². The molecule has 0 bridgehead atoms. The molecule has 1 aromatic carbocycles. The number of nitrogens with zero attached hydrogens (tertiary/aromatic N) is 3. The molecule has 0 spiro atoms. The van der Waals surface area contributed by atoms with Gasteiger partial charge in [-0.15, -0.1) is 10.2 Å². The van der Waals surface area contributed by atoms with E-state index in [1.165, 1.54) is 0 Å². The van der Waals surface area contributed by atoms with E-state index in [0.29, 0.717) is 0 Å². The molecule has 0 unspecified atom stereocenters. The van der Waals surface area contributed by atoms with Crippen molar-refractivity contribution in [1.29, 1.82) is 0 Å². The highest BCUT2D eigenvalue weighted by molar-refractivity contribution is 5.90. The second kappa shape index (κ2) is 3.20. The van der Waals surface area contributed by atoms with Gasteiger partial charge in [-0.3, -0.25) is 0 Å². The lowest BCUT2D eigenvalue weighted by molar-refractivity contribution is 0.616. The van der Waals surface area contributed by atoms with Crippen molar-refractivity contribution in [3.8, 4) is 11.4 Å². The standard InChI is InChI=1S/C12H11N3O/c1-8-13-14-12(15(8)2)10-5-3-4-9-6-7-16-11(9)10/h3-7H,1-2H3. The van der Waals surface area contributed by atoms with E-state index in [0.717, 1.165) is 28.2 Å². The summed E-state index contributed by atoms with van der Waals surface area (Å²) in [6.07, 6.45) is 1.69. The Balaban J connectivity index is 2.33. The van der Waals surface area contributed by atoms with Crippen LogP contribution < -0.4 is 0 Å².